The quantitative estimate of drug-likeness (QED) is 0.644. The van der Waals surface area contributed by atoms with Gasteiger partial charge in [-0.1, -0.05) is 6.07 Å². The zero-order valence-corrected chi connectivity index (χ0v) is 15.8. The van der Waals surface area contributed by atoms with Crippen LogP contribution < -0.4 is 15.4 Å². The molecule has 0 aliphatic heterocycles. The van der Waals surface area contributed by atoms with Crippen LogP contribution >= 0.6 is 0 Å². The van der Waals surface area contributed by atoms with E-state index in [0.29, 0.717) is 34.9 Å². The van der Waals surface area contributed by atoms with Gasteiger partial charge in [0, 0.05) is 16.8 Å². The lowest BCUT2D eigenvalue weighted by molar-refractivity contribution is 0.0946. The van der Waals surface area contributed by atoms with Crippen LogP contribution in [-0.2, 0) is 6.54 Å². The molecule has 0 saturated carbocycles. The van der Waals surface area contributed by atoms with Gasteiger partial charge in [0.25, 0.3) is 11.8 Å². The number of amides is 2. The van der Waals surface area contributed by atoms with Crippen molar-refractivity contribution in [2.24, 2.45) is 0 Å². The number of benzene rings is 2. The molecule has 0 aliphatic carbocycles. The zero-order valence-electron chi connectivity index (χ0n) is 15.8. The molecule has 0 atom stereocenters. The van der Waals surface area contributed by atoms with Crippen LogP contribution in [-0.4, -0.2) is 17.9 Å². The number of carbonyl (C=O) groups is 2. The molecule has 2 amide bonds. The standard InChI is InChI=1S/C22H22N2O4/c1-15(2)28-19-10-8-16(9-11-19)22(26)24-18-6-3-5-17(13-18)21(25)23-14-20-7-4-12-27-20/h3-13,15H,14H2,1-2H3,(H,23,25)(H,24,26). The molecule has 0 saturated heterocycles. The van der Waals surface area contributed by atoms with Crippen molar-refractivity contribution in [2.45, 2.75) is 26.5 Å². The van der Waals surface area contributed by atoms with Crippen molar-refractivity contribution in [3.05, 3.63) is 83.8 Å². The summed E-state index contributed by atoms with van der Waals surface area (Å²) in [6, 6.07) is 17.2. The number of anilines is 1. The highest BCUT2D eigenvalue weighted by Gasteiger charge is 2.10. The number of nitrogens with one attached hydrogen (secondary N) is 2. The van der Waals surface area contributed by atoms with E-state index in [9.17, 15) is 9.59 Å². The molecular weight excluding hydrogens is 356 g/mol. The second-order valence-electron chi connectivity index (χ2n) is 6.49. The third-order valence-electron chi connectivity index (χ3n) is 3.87. The van der Waals surface area contributed by atoms with E-state index in [2.05, 4.69) is 10.6 Å². The number of ether oxygens (including phenoxy) is 1. The first-order valence-electron chi connectivity index (χ1n) is 9.00. The highest BCUT2D eigenvalue weighted by Crippen LogP contribution is 2.16. The smallest absolute Gasteiger partial charge is 0.255 e. The van der Waals surface area contributed by atoms with Crippen LogP contribution in [0.5, 0.6) is 5.75 Å². The average molecular weight is 378 g/mol. The Bertz CT molecular complexity index is 931. The van der Waals surface area contributed by atoms with Crippen molar-refractivity contribution in [3.63, 3.8) is 0 Å². The topological polar surface area (TPSA) is 80.6 Å². The molecule has 1 heterocycles. The van der Waals surface area contributed by atoms with E-state index >= 15 is 0 Å². The molecule has 3 rings (SSSR count). The van der Waals surface area contributed by atoms with Crippen molar-refractivity contribution < 1.29 is 18.7 Å². The first-order valence-corrected chi connectivity index (χ1v) is 9.00. The van der Waals surface area contributed by atoms with Gasteiger partial charge in [-0.25, -0.2) is 0 Å². The maximum atomic E-state index is 12.4. The van der Waals surface area contributed by atoms with Gasteiger partial charge in [-0.3, -0.25) is 9.59 Å². The molecule has 0 aliphatic rings. The van der Waals surface area contributed by atoms with Gasteiger partial charge < -0.3 is 19.8 Å². The van der Waals surface area contributed by atoms with E-state index in [0.717, 1.165) is 0 Å². The van der Waals surface area contributed by atoms with E-state index in [1.54, 1.807) is 66.9 Å². The minimum Gasteiger partial charge on any atom is -0.491 e. The second-order valence-corrected chi connectivity index (χ2v) is 6.49. The van der Waals surface area contributed by atoms with Crippen molar-refractivity contribution in [1.82, 2.24) is 5.32 Å². The molecule has 0 radical (unpaired) electrons. The van der Waals surface area contributed by atoms with Crippen molar-refractivity contribution in [3.8, 4) is 5.75 Å². The van der Waals surface area contributed by atoms with Crippen LogP contribution in [0.25, 0.3) is 0 Å². The van der Waals surface area contributed by atoms with Crippen molar-refractivity contribution >= 4 is 17.5 Å². The number of rotatable bonds is 7. The summed E-state index contributed by atoms with van der Waals surface area (Å²) in [6.45, 7) is 4.18. The minimum absolute atomic E-state index is 0.0707. The van der Waals surface area contributed by atoms with E-state index < -0.39 is 0 Å². The van der Waals surface area contributed by atoms with Crippen LogP contribution in [0.3, 0.4) is 0 Å². The molecule has 0 spiro atoms. The number of carbonyl (C=O) groups excluding carboxylic acids is 2. The van der Waals surface area contributed by atoms with Gasteiger partial charge in [0.1, 0.15) is 11.5 Å². The van der Waals surface area contributed by atoms with E-state index in [1.165, 1.54) is 0 Å². The number of hydrogen-bond donors (Lipinski definition) is 2. The summed E-state index contributed by atoms with van der Waals surface area (Å²) in [5, 5.41) is 5.58. The molecule has 2 aromatic carbocycles. The van der Waals surface area contributed by atoms with Gasteiger partial charge in [-0.2, -0.15) is 0 Å². The van der Waals surface area contributed by atoms with Crippen molar-refractivity contribution in [2.75, 3.05) is 5.32 Å². The molecule has 3 aromatic rings. The highest BCUT2D eigenvalue weighted by atomic mass is 16.5. The molecule has 0 unspecified atom stereocenters. The Morgan fingerprint density at radius 2 is 1.75 bits per heavy atom. The first kappa shape index (κ1) is 19.2. The summed E-state index contributed by atoms with van der Waals surface area (Å²) in [7, 11) is 0. The molecule has 6 heteroatoms. The van der Waals surface area contributed by atoms with Gasteiger partial charge >= 0.3 is 0 Å². The summed E-state index contributed by atoms with van der Waals surface area (Å²) >= 11 is 0. The summed E-state index contributed by atoms with van der Waals surface area (Å²) < 4.78 is 10.8. The van der Waals surface area contributed by atoms with Crippen LogP contribution in [0, 0.1) is 0 Å². The summed E-state index contributed by atoms with van der Waals surface area (Å²) in [5.41, 5.74) is 1.49. The predicted octanol–water partition coefficient (Wildman–Crippen LogP) is 4.25. The fourth-order valence-corrected chi connectivity index (χ4v) is 2.58. The Hall–Kier alpha value is -3.54. The SMILES string of the molecule is CC(C)Oc1ccc(C(=O)Nc2cccc(C(=O)NCc3ccco3)c2)cc1. The molecular formula is C22H22N2O4. The molecule has 0 bridgehead atoms. The number of hydrogen-bond acceptors (Lipinski definition) is 4. The molecule has 1 aromatic heterocycles. The van der Waals surface area contributed by atoms with Gasteiger partial charge in [0.2, 0.25) is 0 Å². The molecule has 28 heavy (non-hydrogen) atoms. The van der Waals surface area contributed by atoms with Crippen molar-refractivity contribution in [1.29, 1.82) is 0 Å². The van der Waals surface area contributed by atoms with E-state index in [4.69, 9.17) is 9.15 Å². The Kier molecular flexibility index (Phi) is 6.11. The summed E-state index contributed by atoms with van der Waals surface area (Å²) in [5.74, 6) is 0.872. The minimum atomic E-state index is -0.260. The molecule has 2 N–H and O–H groups in total. The third-order valence-corrected chi connectivity index (χ3v) is 3.87. The lowest BCUT2D eigenvalue weighted by atomic mass is 10.1. The van der Waals surface area contributed by atoms with Crippen LogP contribution in [0.2, 0.25) is 0 Å². The zero-order chi connectivity index (χ0) is 19.9. The lowest BCUT2D eigenvalue weighted by Gasteiger charge is -2.11. The third kappa shape index (κ3) is 5.23. The maximum Gasteiger partial charge on any atom is 0.255 e. The fourth-order valence-electron chi connectivity index (χ4n) is 2.58. The summed E-state index contributed by atoms with van der Waals surface area (Å²) in [6.07, 6.45) is 1.63. The van der Waals surface area contributed by atoms with Gasteiger partial charge in [-0.15, -0.1) is 0 Å². The number of furan rings is 1. The second kappa shape index (κ2) is 8.90. The van der Waals surface area contributed by atoms with Crippen LogP contribution in [0.15, 0.2) is 71.3 Å². The Labute approximate surface area is 163 Å². The molecule has 144 valence electrons. The predicted molar refractivity (Wildman–Crippen MR) is 106 cm³/mol. The monoisotopic (exact) mass is 378 g/mol. The fraction of sp³-hybridized carbons (Fsp3) is 0.182. The Balaban J connectivity index is 1.61. The maximum absolute atomic E-state index is 12.4. The van der Waals surface area contributed by atoms with E-state index in [1.807, 2.05) is 13.8 Å². The highest BCUT2D eigenvalue weighted by molar-refractivity contribution is 6.05. The Morgan fingerprint density at radius 1 is 0.964 bits per heavy atom. The molecule has 0 fully saturated rings. The van der Waals surface area contributed by atoms with Gasteiger partial charge in [0.05, 0.1) is 18.9 Å². The largest absolute Gasteiger partial charge is 0.491 e. The van der Waals surface area contributed by atoms with E-state index in [-0.39, 0.29) is 17.9 Å². The molecule has 6 nitrogen and oxygen atoms in total. The average Bonchev–Trinajstić information content (AvgIpc) is 3.20. The van der Waals surface area contributed by atoms with Crippen LogP contribution in [0.4, 0.5) is 5.69 Å². The van der Waals surface area contributed by atoms with Crippen LogP contribution in [0.1, 0.15) is 40.3 Å². The first-order chi connectivity index (χ1) is 13.5. The normalized spacial score (nSPS) is 10.5. The summed E-state index contributed by atoms with van der Waals surface area (Å²) in [4.78, 5) is 24.7. The lowest BCUT2D eigenvalue weighted by Crippen LogP contribution is -2.22. The van der Waals surface area contributed by atoms with Gasteiger partial charge in [0.15, 0.2) is 0 Å². The van der Waals surface area contributed by atoms with Gasteiger partial charge in [-0.05, 0) is 68.4 Å². The Morgan fingerprint density at radius 3 is 2.43 bits per heavy atom.